The molecule has 5 aromatic rings. The number of benzene rings is 5. The fourth-order valence-corrected chi connectivity index (χ4v) is 13.1. The molecule has 0 amide bonds. The molecule has 5 aromatic carbocycles. The van der Waals surface area contributed by atoms with Crippen molar-refractivity contribution in [3.05, 3.63) is 70.8 Å². The number of hydrogen-bond acceptors (Lipinski definition) is 0. The van der Waals surface area contributed by atoms with E-state index >= 15 is 0 Å². The first-order chi connectivity index (χ1) is 14.5. The average Bonchev–Trinajstić information content (AvgIpc) is 2.74. The Morgan fingerprint density at radius 2 is 0.633 bits per heavy atom. The molecule has 2 aliphatic carbocycles. The van der Waals surface area contributed by atoms with Crippen molar-refractivity contribution in [2.24, 2.45) is 0 Å². The Morgan fingerprint density at radius 3 is 0.900 bits per heavy atom. The van der Waals surface area contributed by atoms with E-state index in [1.54, 1.807) is 20.0 Å². The molecule has 0 fully saturated rings. The maximum absolute atomic E-state index is 2.44. The van der Waals surface area contributed by atoms with Crippen molar-refractivity contribution in [2.45, 2.75) is 12.8 Å². The van der Waals surface area contributed by atoms with Crippen LogP contribution in [0, 0.1) is 0 Å². The van der Waals surface area contributed by atoms with Gasteiger partial charge >= 0.3 is 258 Å². The van der Waals surface area contributed by atoms with Gasteiger partial charge in [-0.3, -0.25) is 0 Å². The molecule has 0 atom stereocenters. The topological polar surface area (TPSA) is 0 Å². The van der Waals surface area contributed by atoms with Crippen molar-refractivity contribution in [1.29, 1.82) is 0 Å². The number of hydrogen-bond donors (Lipinski definition) is 0. The van der Waals surface area contributed by atoms with Crippen molar-refractivity contribution >= 4 is 52.3 Å². The Labute approximate surface area is 252 Å². The Hall–Kier alpha value is 1.30. The summed E-state index contributed by atoms with van der Waals surface area (Å²) in [6.07, 6.45) is 2.42. The van der Waals surface area contributed by atoms with Crippen LogP contribution in [-0.2, 0) is 122 Å². The third kappa shape index (κ3) is 2.69. The Morgan fingerprint density at radius 1 is 0.367 bits per heavy atom. The van der Waals surface area contributed by atoms with Crippen LogP contribution in [0.25, 0.3) is 43.1 Å². The van der Waals surface area contributed by atoms with Gasteiger partial charge in [-0.2, -0.15) is 0 Å². The molecule has 0 saturated carbocycles. The molecule has 2 aliphatic rings. The SMILES string of the molecule is [Y]=[C]1C[C](=[Y])c2ccc3c4ccc5c6c(ccc(c7ccc1c2c73)c64)[C](=[Y])C[C]5=[Y]. The van der Waals surface area contributed by atoms with Gasteiger partial charge in [-0.1, -0.05) is 0 Å². The van der Waals surface area contributed by atoms with E-state index in [9.17, 15) is 0 Å². The molecule has 0 spiro atoms. The van der Waals surface area contributed by atoms with E-state index in [1.807, 2.05) is 0 Å². The van der Waals surface area contributed by atoms with Gasteiger partial charge < -0.3 is 0 Å². The summed E-state index contributed by atoms with van der Waals surface area (Å²) in [5.74, 6) is 0. The molecule has 0 bridgehead atoms. The van der Waals surface area contributed by atoms with E-state index in [4.69, 9.17) is 0 Å². The Bertz CT molecular complexity index is 1460. The van der Waals surface area contributed by atoms with Crippen LogP contribution in [0.2, 0.25) is 0 Å². The predicted octanol–water partition coefficient (Wildman–Crippen LogP) is 4.81. The van der Waals surface area contributed by atoms with Gasteiger partial charge in [0.25, 0.3) is 0 Å². The van der Waals surface area contributed by atoms with Crippen LogP contribution >= 0.6 is 0 Å². The van der Waals surface area contributed by atoms with Crippen molar-refractivity contribution in [3.63, 3.8) is 0 Å². The van der Waals surface area contributed by atoms with Crippen LogP contribution in [0.1, 0.15) is 35.1 Å². The summed E-state index contributed by atoms with van der Waals surface area (Å²) in [6, 6.07) is 19.5. The minimum atomic E-state index is 1.21. The zero-order valence-corrected chi connectivity index (χ0v) is 27.7. The molecule has 7 rings (SSSR count). The van der Waals surface area contributed by atoms with Gasteiger partial charge in [-0.05, 0) is 0 Å². The quantitative estimate of drug-likeness (QED) is 0.163. The summed E-state index contributed by atoms with van der Waals surface area (Å²) >= 11 is 4.94. The molecule has 0 aromatic heterocycles. The molecular formula is C26H12Y4. The first-order valence-corrected chi connectivity index (χ1v) is 15.9. The summed E-state index contributed by atoms with van der Waals surface area (Å²) in [7, 11) is 0. The number of fused-ring (bicyclic) bond motifs is 2. The third-order valence-corrected chi connectivity index (χ3v) is 12.1. The summed E-state index contributed by atoms with van der Waals surface area (Å²) in [4.78, 5) is 0. The molecule has 0 saturated heterocycles. The minimum absolute atomic E-state index is 1.21. The molecule has 30 heavy (non-hydrogen) atoms. The van der Waals surface area contributed by atoms with Crippen molar-refractivity contribution in [1.82, 2.24) is 0 Å². The van der Waals surface area contributed by atoms with E-state index in [-0.39, 0.29) is 0 Å². The van der Waals surface area contributed by atoms with Gasteiger partial charge in [-0.25, -0.2) is 0 Å². The zero-order valence-electron chi connectivity index (χ0n) is 16.3. The molecule has 0 N–H and O–H groups in total. The second-order valence-electron chi connectivity index (χ2n) is 8.60. The van der Waals surface area contributed by atoms with Crippen LogP contribution in [0.5, 0.6) is 0 Å². The second kappa shape index (κ2) is 7.40. The average molecular weight is 680 g/mol. The zero-order chi connectivity index (χ0) is 20.3. The summed E-state index contributed by atoms with van der Waals surface area (Å²) < 4.78 is 6.67. The summed E-state index contributed by atoms with van der Waals surface area (Å²) in [6.45, 7) is 0. The van der Waals surface area contributed by atoms with E-state index in [2.05, 4.69) is 48.5 Å². The van der Waals surface area contributed by atoms with Gasteiger partial charge in [0.05, 0.1) is 0 Å². The predicted molar refractivity (Wildman–Crippen MR) is 113 cm³/mol. The first-order valence-electron chi connectivity index (χ1n) is 10.2. The second-order valence-corrected chi connectivity index (χ2v) is 15.4. The van der Waals surface area contributed by atoms with Crippen molar-refractivity contribution in [2.75, 3.05) is 0 Å². The molecule has 4 heteroatoms. The van der Waals surface area contributed by atoms with Crippen molar-refractivity contribution < 1.29 is 122 Å². The summed E-state index contributed by atoms with van der Waals surface area (Å²) in [5.41, 5.74) is 6.13. The van der Waals surface area contributed by atoms with Crippen LogP contribution in [-0.4, -0.2) is 9.20 Å². The fourth-order valence-electron chi connectivity index (χ4n) is 5.75. The fraction of sp³-hybridized carbons (Fsp3) is 0.0769. The first kappa shape index (κ1) is 20.7. The van der Waals surface area contributed by atoms with Crippen LogP contribution in [0.3, 0.4) is 0 Å². The van der Waals surface area contributed by atoms with E-state index < -0.39 is 0 Å². The molecular weight excluding hydrogens is 668 g/mol. The molecule has 0 aliphatic heterocycles. The van der Waals surface area contributed by atoms with Crippen LogP contribution < -0.4 is 0 Å². The standard InChI is InChI=1S/C26H12.4Y/c1-3-15-7-11-19-21-13-9-17-5-2-6-18-10-14-22(26(21)24(17)18)20-12-8-16(4-1)23(15)25(19)20;;;;/h7-14H,1-2H2;;;;. The number of rotatable bonds is 0. The Balaban J connectivity index is 1.82. The van der Waals surface area contributed by atoms with Gasteiger partial charge in [0.15, 0.2) is 0 Å². The van der Waals surface area contributed by atoms with Gasteiger partial charge in [0, 0.05) is 0 Å². The Kier molecular flexibility index (Phi) is 5.09. The van der Waals surface area contributed by atoms with Crippen LogP contribution in [0.4, 0.5) is 0 Å². The van der Waals surface area contributed by atoms with Crippen LogP contribution in [0.15, 0.2) is 48.5 Å². The van der Waals surface area contributed by atoms with E-state index in [0.29, 0.717) is 0 Å². The van der Waals surface area contributed by atoms with E-state index in [0.717, 1.165) is 0 Å². The van der Waals surface area contributed by atoms with E-state index in [1.165, 1.54) is 189 Å². The van der Waals surface area contributed by atoms with Gasteiger partial charge in [0.1, 0.15) is 0 Å². The van der Waals surface area contributed by atoms with Crippen molar-refractivity contribution in [3.8, 4) is 0 Å². The molecule has 128 valence electrons. The molecule has 0 nitrogen and oxygen atoms in total. The van der Waals surface area contributed by atoms with Gasteiger partial charge in [0.2, 0.25) is 0 Å². The molecule has 0 heterocycles. The monoisotopic (exact) mass is 680 g/mol. The maximum atomic E-state index is 2.44. The third-order valence-electron chi connectivity index (χ3n) is 7.05. The van der Waals surface area contributed by atoms with Gasteiger partial charge in [-0.15, -0.1) is 0 Å². The summed E-state index contributed by atoms with van der Waals surface area (Å²) in [5, 5.41) is 11.9. The normalized spacial score (nSPS) is 16.3. The molecule has 0 unspecified atom stereocenters. The molecule has 0 radical (unpaired) electrons.